The minimum Gasteiger partial charge on any atom is -0.394 e. The molecule has 0 aromatic heterocycles. The van der Waals surface area contributed by atoms with Crippen molar-refractivity contribution in [3.8, 4) is 0 Å². The largest absolute Gasteiger partial charge is 0.394 e. The Morgan fingerprint density at radius 2 is 1.57 bits per heavy atom. The van der Waals surface area contributed by atoms with Gasteiger partial charge in [0.05, 0.1) is 37.6 Å². The van der Waals surface area contributed by atoms with Crippen molar-refractivity contribution in [2.45, 2.75) is 68.8 Å². The Hall–Kier alpha value is -0.320. The van der Waals surface area contributed by atoms with Crippen LogP contribution in [0.2, 0.25) is 0 Å². The molecule has 0 amide bonds. The van der Waals surface area contributed by atoms with Crippen LogP contribution in [-0.4, -0.2) is 87.8 Å². The number of aliphatic hydroxyl groups excluding tert-OH is 5. The molecular formula is C13H24O8. The third-order valence-electron chi connectivity index (χ3n) is 4.02. The van der Waals surface area contributed by atoms with Crippen LogP contribution >= 0.6 is 0 Å². The Bertz CT molecular complexity index is 327. The van der Waals surface area contributed by atoms with Crippen LogP contribution in [0.5, 0.6) is 0 Å². The minimum absolute atomic E-state index is 0.0201. The van der Waals surface area contributed by atoms with Gasteiger partial charge in [-0.05, 0) is 6.92 Å². The van der Waals surface area contributed by atoms with E-state index in [1.54, 1.807) is 6.92 Å². The van der Waals surface area contributed by atoms with Crippen molar-refractivity contribution in [1.82, 2.24) is 0 Å². The highest BCUT2D eigenvalue weighted by molar-refractivity contribution is 4.86. The SMILES string of the molecule is CC1OC(CO)[C@@H](OC2OC(CO)[C@@H](O)CC2O)C[C@@H]1O. The summed E-state index contributed by atoms with van der Waals surface area (Å²) < 4.78 is 16.4. The predicted molar refractivity (Wildman–Crippen MR) is 69.3 cm³/mol. The number of aliphatic hydroxyl groups is 5. The van der Waals surface area contributed by atoms with Crippen molar-refractivity contribution in [1.29, 1.82) is 0 Å². The van der Waals surface area contributed by atoms with E-state index < -0.39 is 55.6 Å². The Kier molecular flexibility index (Phi) is 5.92. The first-order valence-electron chi connectivity index (χ1n) is 7.18. The maximum atomic E-state index is 9.90. The average molecular weight is 308 g/mol. The van der Waals surface area contributed by atoms with Gasteiger partial charge in [-0.3, -0.25) is 0 Å². The monoisotopic (exact) mass is 308 g/mol. The van der Waals surface area contributed by atoms with Gasteiger partial charge in [0.2, 0.25) is 0 Å². The molecule has 0 aromatic rings. The zero-order valence-corrected chi connectivity index (χ0v) is 11.9. The standard InChI is InChI=1S/C13H24O8/c1-6-7(16)3-10(12(5-15)19-6)20-13-9(18)2-8(17)11(4-14)21-13/h6-18H,2-5H2,1H3/t6?,7-,8-,9?,10-,11?,12?,13?/m0/s1. The van der Waals surface area contributed by atoms with Gasteiger partial charge in [0, 0.05) is 12.8 Å². The summed E-state index contributed by atoms with van der Waals surface area (Å²) in [6.07, 6.45) is -6.06. The molecule has 5 unspecified atom stereocenters. The summed E-state index contributed by atoms with van der Waals surface area (Å²) in [6, 6.07) is 0. The van der Waals surface area contributed by atoms with Gasteiger partial charge in [0.1, 0.15) is 18.3 Å². The molecule has 0 aliphatic carbocycles. The first-order valence-corrected chi connectivity index (χ1v) is 7.18. The van der Waals surface area contributed by atoms with E-state index in [1.165, 1.54) is 0 Å². The molecule has 0 spiro atoms. The lowest BCUT2D eigenvalue weighted by atomic mass is 9.98. The maximum absolute atomic E-state index is 9.90. The lowest BCUT2D eigenvalue weighted by molar-refractivity contribution is -0.307. The highest BCUT2D eigenvalue weighted by Gasteiger charge is 2.42. The van der Waals surface area contributed by atoms with E-state index in [9.17, 15) is 20.4 Å². The van der Waals surface area contributed by atoms with Crippen molar-refractivity contribution < 1.29 is 39.7 Å². The zero-order valence-electron chi connectivity index (χ0n) is 11.9. The number of hydrogen-bond donors (Lipinski definition) is 5. The van der Waals surface area contributed by atoms with Crippen molar-refractivity contribution >= 4 is 0 Å². The van der Waals surface area contributed by atoms with Gasteiger partial charge < -0.3 is 39.7 Å². The summed E-state index contributed by atoms with van der Waals surface area (Å²) in [5, 5.41) is 47.8. The van der Waals surface area contributed by atoms with E-state index >= 15 is 0 Å². The first-order chi connectivity index (χ1) is 9.96. The highest BCUT2D eigenvalue weighted by Crippen LogP contribution is 2.28. The molecule has 0 radical (unpaired) electrons. The number of hydrogen-bond acceptors (Lipinski definition) is 8. The first kappa shape index (κ1) is 17.0. The topological polar surface area (TPSA) is 129 Å². The lowest BCUT2D eigenvalue weighted by Crippen LogP contribution is -2.55. The fraction of sp³-hybridized carbons (Fsp3) is 1.00. The van der Waals surface area contributed by atoms with Crippen LogP contribution < -0.4 is 0 Å². The normalized spacial score (nSPS) is 48.3. The van der Waals surface area contributed by atoms with Gasteiger partial charge in [-0.15, -0.1) is 0 Å². The summed E-state index contributed by atoms with van der Waals surface area (Å²) in [7, 11) is 0. The quantitative estimate of drug-likeness (QED) is 0.393. The molecule has 124 valence electrons. The summed E-state index contributed by atoms with van der Waals surface area (Å²) >= 11 is 0. The van der Waals surface area contributed by atoms with Gasteiger partial charge in [0.15, 0.2) is 6.29 Å². The molecule has 5 N–H and O–H groups in total. The van der Waals surface area contributed by atoms with Gasteiger partial charge in [-0.2, -0.15) is 0 Å². The molecule has 2 aliphatic rings. The van der Waals surface area contributed by atoms with Crippen LogP contribution in [0.4, 0.5) is 0 Å². The molecule has 21 heavy (non-hydrogen) atoms. The second-order valence-electron chi connectivity index (χ2n) is 5.64. The Labute approximate surface area is 122 Å². The molecule has 0 bridgehead atoms. The average Bonchev–Trinajstić information content (AvgIpc) is 2.45. The third-order valence-corrected chi connectivity index (χ3v) is 4.02. The molecule has 0 saturated carbocycles. The Balaban J connectivity index is 1.98. The molecule has 2 aliphatic heterocycles. The highest BCUT2D eigenvalue weighted by atomic mass is 16.7. The summed E-state index contributed by atoms with van der Waals surface area (Å²) in [6.45, 7) is 1.03. The second-order valence-corrected chi connectivity index (χ2v) is 5.64. The van der Waals surface area contributed by atoms with E-state index in [-0.39, 0.29) is 19.4 Å². The minimum atomic E-state index is -1.06. The number of rotatable bonds is 4. The van der Waals surface area contributed by atoms with Gasteiger partial charge >= 0.3 is 0 Å². The van der Waals surface area contributed by atoms with E-state index in [2.05, 4.69) is 0 Å². The van der Waals surface area contributed by atoms with E-state index in [0.717, 1.165) is 0 Å². The lowest BCUT2D eigenvalue weighted by Gasteiger charge is -2.42. The summed E-state index contributed by atoms with van der Waals surface area (Å²) in [5.74, 6) is 0. The molecule has 8 heteroatoms. The van der Waals surface area contributed by atoms with Crippen LogP contribution in [0.25, 0.3) is 0 Å². The zero-order chi connectivity index (χ0) is 15.6. The van der Waals surface area contributed by atoms with Crippen LogP contribution in [0.1, 0.15) is 19.8 Å². The summed E-state index contributed by atoms with van der Waals surface area (Å²) in [4.78, 5) is 0. The van der Waals surface area contributed by atoms with Crippen LogP contribution in [0.15, 0.2) is 0 Å². The smallest absolute Gasteiger partial charge is 0.184 e. The molecule has 2 fully saturated rings. The van der Waals surface area contributed by atoms with Crippen molar-refractivity contribution in [2.75, 3.05) is 13.2 Å². The Morgan fingerprint density at radius 1 is 0.905 bits per heavy atom. The van der Waals surface area contributed by atoms with E-state index in [0.29, 0.717) is 0 Å². The van der Waals surface area contributed by atoms with Crippen molar-refractivity contribution in [3.05, 3.63) is 0 Å². The van der Waals surface area contributed by atoms with E-state index in [1.807, 2.05) is 0 Å². The summed E-state index contributed by atoms with van der Waals surface area (Å²) in [5.41, 5.74) is 0. The molecule has 0 aromatic carbocycles. The van der Waals surface area contributed by atoms with Crippen LogP contribution in [0, 0.1) is 0 Å². The van der Waals surface area contributed by atoms with Crippen molar-refractivity contribution in [2.24, 2.45) is 0 Å². The van der Waals surface area contributed by atoms with Crippen molar-refractivity contribution in [3.63, 3.8) is 0 Å². The fourth-order valence-corrected chi connectivity index (χ4v) is 2.66. The van der Waals surface area contributed by atoms with Gasteiger partial charge in [-0.25, -0.2) is 0 Å². The maximum Gasteiger partial charge on any atom is 0.184 e. The fourth-order valence-electron chi connectivity index (χ4n) is 2.66. The second kappa shape index (κ2) is 7.30. The van der Waals surface area contributed by atoms with Crippen LogP contribution in [-0.2, 0) is 14.2 Å². The Morgan fingerprint density at radius 3 is 2.19 bits per heavy atom. The van der Waals surface area contributed by atoms with Gasteiger partial charge in [0.25, 0.3) is 0 Å². The molecular weight excluding hydrogens is 284 g/mol. The number of ether oxygens (including phenoxy) is 3. The molecule has 8 atom stereocenters. The molecule has 2 rings (SSSR count). The van der Waals surface area contributed by atoms with Gasteiger partial charge in [-0.1, -0.05) is 0 Å². The predicted octanol–water partition coefficient (Wildman–Crippen LogP) is -2.27. The van der Waals surface area contributed by atoms with Crippen LogP contribution in [0.3, 0.4) is 0 Å². The third kappa shape index (κ3) is 3.91. The molecule has 8 nitrogen and oxygen atoms in total. The molecule has 2 saturated heterocycles. The molecule has 2 heterocycles. The van der Waals surface area contributed by atoms with E-state index in [4.69, 9.17) is 19.3 Å².